The predicted octanol–water partition coefficient (Wildman–Crippen LogP) is 1.84. The maximum Gasteiger partial charge on any atom is 0.266 e. The highest BCUT2D eigenvalue weighted by Gasteiger charge is 2.28. The third kappa shape index (κ3) is 3.63. The Kier molecular flexibility index (Phi) is 4.77. The number of pyridine rings is 1. The van der Waals surface area contributed by atoms with Crippen molar-refractivity contribution >= 4 is 5.82 Å². The van der Waals surface area contributed by atoms with E-state index in [1.54, 1.807) is 29.2 Å². The molecule has 1 atom stereocenters. The summed E-state index contributed by atoms with van der Waals surface area (Å²) < 4.78 is 7.12. The molecular weight excluding hydrogens is 368 g/mol. The summed E-state index contributed by atoms with van der Waals surface area (Å²) in [6.07, 6.45) is 6.33. The van der Waals surface area contributed by atoms with Crippen molar-refractivity contribution in [1.29, 1.82) is 0 Å². The first kappa shape index (κ1) is 17.9. The van der Waals surface area contributed by atoms with E-state index < -0.39 is 0 Å². The molecule has 0 spiro atoms. The van der Waals surface area contributed by atoms with Gasteiger partial charge in [-0.3, -0.25) is 9.78 Å². The van der Waals surface area contributed by atoms with Gasteiger partial charge in [0.2, 0.25) is 0 Å². The van der Waals surface area contributed by atoms with Gasteiger partial charge in [0.25, 0.3) is 5.56 Å². The molecule has 0 amide bonds. The number of ether oxygens (including phenoxy) is 1. The lowest BCUT2D eigenvalue weighted by molar-refractivity contribution is 0.109. The molecule has 0 aliphatic carbocycles. The highest BCUT2D eigenvalue weighted by molar-refractivity contribution is 5.56. The van der Waals surface area contributed by atoms with Gasteiger partial charge in [-0.05, 0) is 37.1 Å². The van der Waals surface area contributed by atoms with Crippen molar-refractivity contribution in [2.75, 3.05) is 18.1 Å². The Morgan fingerprint density at radius 3 is 3.07 bits per heavy atom. The van der Waals surface area contributed by atoms with Crippen LogP contribution in [-0.4, -0.2) is 44.2 Å². The van der Waals surface area contributed by atoms with Crippen molar-refractivity contribution in [3.63, 3.8) is 0 Å². The van der Waals surface area contributed by atoms with Crippen LogP contribution in [0.1, 0.15) is 24.1 Å². The van der Waals surface area contributed by atoms with Crippen LogP contribution < -0.4 is 10.5 Å². The molecule has 8 nitrogen and oxygen atoms in total. The van der Waals surface area contributed by atoms with Crippen LogP contribution in [0.25, 0.3) is 11.3 Å². The average Bonchev–Trinajstić information content (AvgIpc) is 3.24. The molecule has 0 aromatic carbocycles. The maximum atomic E-state index is 12.4. The highest BCUT2D eigenvalue weighted by Crippen LogP contribution is 2.27. The van der Waals surface area contributed by atoms with E-state index in [1.807, 2.05) is 12.1 Å². The minimum atomic E-state index is -0.102. The number of anilines is 1. The van der Waals surface area contributed by atoms with E-state index in [1.165, 1.54) is 0 Å². The summed E-state index contributed by atoms with van der Waals surface area (Å²) in [6.45, 7) is 2.71. The van der Waals surface area contributed by atoms with Crippen LogP contribution in [0.5, 0.6) is 0 Å². The first-order chi connectivity index (χ1) is 14.3. The summed E-state index contributed by atoms with van der Waals surface area (Å²) in [5.74, 6) is 0.855. The molecule has 3 aromatic heterocycles. The Bertz CT molecular complexity index is 1070. The molecule has 0 radical (unpaired) electrons. The molecule has 2 aliphatic rings. The number of rotatable bonds is 4. The SMILES string of the molecule is O=c1ccc(-c2cccnc2)nn1CC1CCCN1c1cc2c(nn1)CCOC2. The molecule has 5 rings (SSSR count). The minimum Gasteiger partial charge on any atom is -0.376 e. The molecule has 0 bridgehead atoms. The Morgan fingerprint density at radius 2 is 2.17 bits per heavy atom. The number of hydrogen-bond acceptors (Lipinski definition) is 7. The topological polar surface area (TPSA) is 86.0 Å². The zero-order valence-electron chi connectivity index (χ0n) is 16.1. The van der Waals surface area contributed by atoms with Crippen molar-refractivity contribution in [3.8, 4) is 11.3 Å². The van der Waals surface area contributed by atoms with E-state index in [-0.39, 0.29) is 11.6 Å². The monoisotopic (exact) mass is 390 g/mol. The van der Waals surface area contributed by atoms with Crippen LogP contribution in [0.2, 0.25) is 0 Å². The van der Waals surface area contributed by atoms with E-state index >= 15 is 0 Å². The van der Waals surface area contributed by atoms with Gasteiger partial charge in [0.05, 0.1) is 37.2 Å². The van der Waals surface area contributed by atoms with Gasteiger partial charge < -0.3 is 9.64 Å². The zero-order valence-corrected chi connectivity index (χ0v) is 16.1. The van der Waals surface area contributed by atoms with Gasteiger partial charge in [0.15, 0.2) is 5.82 Å². The lowest BCUT2D eigenvalue weighted by atomic mass is 10.1. The van der Waals surface area contributed by atoms with Crippen LogP contribution >= 0.6 is 0 Å². The molecule has 8 heteroatoms. The molecule has 5 heterocycles. The van der Waals surface area contributed by atoms with Crippen molar-refractivity contribution in [2.45, 2.75) is 38.5 Å². The van der Waals surface area contributed by atoms with E-state index in [0.717, 1.165) is 54.1 Å². The van der Waals surface area contributed by atoms with Crippen LogP contribution in [-0.2, 0) is 24.3 Å². The molecule has 148 valence electrons. The second-order valence-electron chi connectivity index (χ2n) is 7.45. The third-order valence-electron chi connectivity index (χ3n) is 5.57. The number of aromatic nitrogens is 5. The normalized spacial score (nSPS) is 18.6. The molecule has 29 heavy (non-hydrogen) atoms. The smallest absolute Gasteiger partial charge is 0.266 e. The first-order valence-corrected chi connectivity index (χ1v) is 9.96. The molecule has 3 aromatic rings. The lowest BCUT2D eigenvalue weighted by Crippen LogP contribution is -2.37. The zero-order chi connectivity index (χ0) is 19.6. The van der Waals surface area contributed by atoms with Crippen LogP contribution in [0.3, 0.4) is 0 Å². The Morgan fingerprint density at radius 1 is 1.21 bits per heavy atom. The van der Waals surface area contributed by atoms with Crippen LogP contribution in [0, 0.1) is 0 Å². The fraction of sp³-hybridized carbons (Fsp3) is 0.381. The highest BCUT2D eigenvalue weighted by atomic mass is 16.5. The predicted molar refractivity (Wildman–Crippen MR) is 107 cm³/mol. The average molecular weight is 390 g/mol. The van der Waals surface area contributed by atoms with Crippen LogP contribution in [0.15, 0.2) is 47.5 Å². The Balaban J connectivity index is 1.41. The van der Waals surface area contributed by atoms with E-state index in [2.05, 4.69) is 31.2 Å². The Labute approximate surface area is 168 Å². The second kappa shape index (κ2) is 7.71. The van der Waals surface area contributed by atoms with Crippen molar-refractivity contribution < 1.29 is 4.74 Å². The van der Waals surface area contributed by atoms with E-state index in [9.17, 15) is 4.79 Å². The van der Waals surface area contributed by atoms with E-state index in [4.69, 9.17) is 4.74 Å². The maximum absolute atomic E-state index is 12.4. The quantitative estimate of drug-likeness (QED) is 0.672. The molecule has 0 N–H and O–H groups in total. The van der Waals surface area contributed by atoms with Crippen molar-refractivity contribution in [2.24, 2.45) is 0 Å². The standard InChI is InChI=1S/C21H22N6O2/c28-21-6-5-19(15-3-1-8-22-12-15)25-27(21)13-17-4-2-9-26(17)20-11-16-14-29-10-7-18(16)23-24-20/h1,3,5-6,8,11-12,17H,2,4,7,9-10,13-14H2. The summed E-state index contributed by atoms with van der Waals surface area (Å²) in [7, 11) is 0. The summed E-state index contributed by atoms with van der Waals surface area (Å²) in [6, 6.07) is 9.37. The van der Waals surface area contributed by atoms with Gasteiger partial charge in [-0.2, -0.15) is 10.2 Å². The summed E-state index contributed by atoms with van der Waals surface area (Å²) >= 11 is 0. The number of fused-ring (bicyclic) bond motifs is 1. The fourth-order valence-corrected chi connectivity index (χ4v) is 4.05. The largest absolute Gasteiger partial charge is 0.376 e. The van der Waals surface area contributed by atoms with Gasteiger partial charge in [-0.1, -0.05) is 0 Å². The van der Waals surface area contributed by atoms with Gasteiger partial charge in [0, 0.05) is 42.6 Å². The molecule has 2 aliphatic heterocycles. The number of nitrogens with zero attached hydrogens (tertiary/aromatic N) is 6. The van der Waals surface area contributed by atoms with Crippen LogP contribution in [0.4, 0.5) is 5.82 Å². The van der Waals surface area contributed by atoms with Crippen molar-refractivity contribution in [1.82, 2.24) is 25.0 Å². The second-order valence-corrected chi connectivity index (χ2v) is 7.45. The summed E-state index contributed by atoms with van der Waals surface area (Å²) in [4.78, 5) is 18.8. The van der Waals surface area contributed by atoms with E-state index in [0.29, 0.717) is 19.8 Å². The molecular formula is C21H22N6O2. The van der Waals surface area contributed by atoms with Gasteiger partial charge in [-0.15, -0.1) is 5.10 Å². The summed E-state index contributed by atoms with van der Waals surface area (Å²) in [5, 5.41) is 13.5. The molecule has 1 fully saturated rings. The molecule has 1 unspecified atom stereocenters. The third-order valence-corrected chi connectivity index (χ3v) is 5.57. The molecule has 1 saturated heterocycles. The van der Waals surface area contributed by atoms with Gasteiger partial charge >= 0.3 is 0 Å². The first-order valence-electron chi connectivity index (χ1n) is 9.96. The fourth-order valence-electron chi connectivity index (χ4n) is 4.05. The van der Waals surface area contributed by atoms with Gasteiger partial charge in [-0.25, -0.2) is 4.68 Å². The minimum absolute atomic E-state index is 0.102. The molecule has 0 saturated carbocycles. The van der Waals surface area contributed by atoms with Crippen molar-refractivity contribution in [3.05, 3.63) is 64.3 Å². The van der Waals surface area contributed by atoms with Gasteiger partial charge in [0.1, 0.15) is 0 Å². The summed E-state index contributed by atoms with van der Waals surface area (Å²) in [5.41, 5.74) is 3.67. The number of hydrogen-bond donors (Lipinski definition) is 0. The Hall–Kier alpha value is -3.13. The lowest BCUT2D eigenvalue weighted by Gasteiger charge is -2.27.